The molecule has 0 radical (unpaired) electrons. The maximum Gasteiger partial charge on any atom is 0.277 e. The minimum atomic E-state index is -2.01. The van der Waals surface area contributed by atoms with Crippen molar-refractivity contribution >= 4 is 54.4 Å². The summed E-state index contributed by atoms with van der Waals surface area (Å²) in [5.41, 5.74) is 0.792. The zero-order valence-corrected chi connectivity index (χ0v) is 24.5. The van der Waals surface area contributed by atoms with E-state index in [0.717, 1.165) is 12.3 Å². The molecule has 2 aromatic rings. The van der Waals surface area contributed by atoms with Gasteiger partial charge >= 0.3 is 0 Å². The lowest BCUT2D eigenvalue weighted by Crippen LogP contribution is -2.41. The first-order valence-electron chi connectivity index (χ1n) is 11.3. The molecular formula is C25H31F3IN3O4Si. The van der Waals surface area contributed by atoms with E-state index in [4.69, 9.17) is 14.1 Å². The lowest BCUT2D eigenvalue weighted by atomic mass is 10.1. The molecule has 0 heterocycles. The molecule has 0 aliphatic carbocycles. The second-order valence-corrected chi connectivity index (χ2v) is 15.5. The summed E-state index contributed by atoms with van der Waals surface area (Å²) >= 11 is 1.91. The SMILES string of the molecule is C=CCO/N=C/c1cc(C(=O)NOCCO[Si](C)(C)C(C)(C)C)c(Nc2ccc(I)cc2F)c(F)c1F. The van der Waals surface area contributed by atoms with Crippen molar-refractivity contribution in [3.05, 3.63) is 69.1 Å². The Labute approximate surface area is 229 Å². The lowest BCUT2D eigenvalue weighted by Gasteiger charge is -2.36. The Kier molecular flexibility index (Phi) is 11.2. The van der Waals surface area contributed by atoms with E-state index in [9.17, 15) is 13.6 Å². The first-order valence-corrected chi connectivity index (χ1v) is 15.3. The summed E-state index contributed by atoms with van der Waals surface area (Å²) in [5.74, 6) is -4.31. The van der Waals surface area contributed by atoms with Gasteiger partial charge in [-0.05, 0) is 65.0 Å². The molecule has 0 atom stereocenters. The quantitative estimate of drug-likeness (QED) is 0.0671. The van der Waals surface area contributed by atoms with Crippen LogP contribution < -0.4 is 10.8 Å². The number of rotatable bonds is 12. The van der Waals surface area contributed by atoms with Crippen molar-refractivity contribution < 1.29 is 32.1 Å². The highest BCUT2D eigenvalue weighted by molar-refractivity contribution is 14.1. The molecule has 12 heteroatoms. The summed E-state index contributed by atoms with van der Waals surface area (Å²) in [6.45, 7) is 14.2. The number of hydrogen-bond donors (Lipinski definition) is 2. The first-order chi connectivity index (χ1) is 17.3. The second kappa shape index (κ2) is 13.4. The number of benzene rings is 2. The monoisotopic (exact) mass is 649 g/mol. The molecule has 37 heavy (non-hydrogen) atoms. The number of carbonyl (C=O) groups excluding carboxylic acids is 1. The van der Waals surface area contributed by atoms with Gasteiger partial charge in [0.1, 0.15) is 12.4 Å². The van der Waals surface area contributed by atoms with Crippen molar-refractivity contribution in [2.24, 2.45) is 5.16 Å². The van der Waals surface area contributed by atoms with Gasteiger partial charge in [0.25, 0.3) is 5.91 Å². The predicted octanol–water partition coefficient (Wildman–Crippen LogP) is 6.67. The average molecular weight is 650 g/mol. The standard InChI is InChI=1S/C25H31F3IN3O4Si/c1-7-10-34-30-15-16-13-18(24(33)32-35-11-12-36-37(5,6)25(2,3)4)23(22(28)21(16)27)31-20-9-8-17(29)14-19(20)26/h7-9,13-15,31H,1,10-12H2,2-6H3,(H,32,33)/b30-15+. The molecule has 202 valence electrons. The van der Waals surface area contributed by atoms with Crippen LogP contribution in [-0.2, 0) is 14.1 Å². The molecule has 2 aromatic carbocycles. The van der Waals surface area contributed by atoms with Crippen LogP contribution in [0, 0.1) is 21.0 Å². The molecule has 2 rings (SSSR count). The number of carbonyl (C=O) groups is 1. The summed E-state index contributed by atoms with van der Waals surface area (Å²) in [7, 11) is -2.01. The number of nitrogens with zero attached hydrogens (tertiary/aromatic N) is 1. The average Bonchev–Trinajstić information content (AvgIpc) is 2.81. The highest BCUT2D eigenvalue weighted by Gasteiger charge is 2.36. The number of hydroxylamine groups is 1. The van der Waals surface area contributed by atoms with Crippen LogP contribution >= 0.6 is 22.6 Å². The molecule has 0 aliphatic heterocycles. The van der Waals surface area contributed by atoms with E-state index >= 15 is 4.39 Å². The molecule has 0 aliphatic rings. The molecule has 1 amide bonds. The van der Waals surface area contributed by atoms with E-state index in [2.05, 4.69) is 56.4 Å². The summed E-state index contributed by atoms with van der Waals surface area (Å²) in [5, 5.41) is 6.02. The van der Waals surface area contributed by atoms with Gasteiger partial charge in [0.05, 0.1) is 36.4 Å². The van der Waals surface area contributed by atoms with Gasteiger partial charge in [-0.15, -0.1) is 0 Å². The number of hydrogen-bond acceptors (Lipinski definition) is 6. The van der Waals surface area contributed by atoms with Crippen LogP contribution in [0.1, 0.15) is 36.7 Å². The Morgan fingerprint density at radius 2 is 1.86 bits per heavy atom. The van der Waals surface area contributed by atoms with Crippen LogP contribution in [0.3, 0.4) is 0 Å². The van der Waals surface area contributed by atoms with Crippen LogP contribution in [0.15, 0.2) is 42.1 Å². The van der Waals surface area contributed by atoms with Gasteiger partial charge in [0.15, 0.2) is 20.0 Å². The minimum absolute atomic E-state index is 0.000573. The maximum atomic E-state index is 15.1. The first kappa shape index (κ1) is 30.8. The van der Waals surface area contributed by atoms with E-state index in [1.807, 2.05) is 22.6 Å². The fraction of sp³-hybridized carbons (Fsp3) is 0.360. The molecule has 7 nitrogen and oxygen atoms in total. The number of oxime groups is 1. The van der Waals surface area contributed by atoms with Gasteiger partial charge in [-0.25, -0.2) is 18.7 Å². The molecule has 0 aromatic heterocycles. The maximum absolute atomic E-state index is 15.1. The Balaban J connectivity index is 2.28. The van der Waals surface area contributed by atoms with Crippen LogP contribution in [-0.4, -0.2) is 40.3 Å². The Morgan fingerprint density at radius 3 is 2.49 bits per heavy atom. The molecule has 0 bridgehead atoms. The zero-order valence-electron chi connectivity index (χ0n) is 21.4. The van der Waals surface area contributed by atoms with E-state index in [0.29, 0.717) is 3.57 Å². The van der Waals surface area contributed by atoms with Crippen molar-refractivity contribution in [1.29, 1.82) is 0 Å². The van der Waals surface area contributed by atoms with Crippen molar-refractivity contribution in [2.45, 2.75) is 38.9 Å². The number of amides is 1. The third-order valence-corrected chi connectivity index (χ3v) is 11.0. The van der Waals surface area contributed by atoms with Crippen LogP contribution in [0.2, 0.25) is 18.1 Å². The fourth-order valence-electron chi connectivity index (χ4n) is 2.68. The van der Waals surface area contributed by atoms with Crippen molar-refractivity contribution in [3.63, 3.8) is 0 Å². The third-order valence-electron chi connectivity index (χ3n) is 5.75. The fourth-order valence-corrected chi connectivity index (χ4v) is 4.16. The minimum Gasteiger partial charge on any atom is -0.414 e. The van der Waals surface area contributed by atoms with Crippen LogP contribution in [0.25, 0.3) is 0 Å². The molecule has 0 spiro atoms. The predicted molar refractivity (Wildman–Crippen MR) is 149 cm³/mol. The Morgan fingerprint density at radius 1 is 1.16 bits per heavy atom. The van der Waals surface area contributed by atoms with Crippen LogP contribution in [0.5, 0.6) is 0 Å². The van der Waals surface area contributed by atoms with Gasteiger partial charge in [0.2, 0.25) is 0 Å². The van der Waals surface area contributed by atoms with Crippen LogP contribution in [0.4, 0.5) is 24.5 Å². The smallest absolute Gasteiger partial charge is 0.277 e. The lowest BCUT2D eigenvalue weighted by molar-refractivity contribution is 0.0184. The normalized spacial score (nSPS) is 12.0. The van der Waals surface area contributed by atoms with Crippen molar-refractivity contribution in [1.82, 2.24) is 5.48 Å². The second-order valence-electron chi connectivity index (χ2n) is 9.47. The van der Waals surface area contributed by atoms with E-state index in [1.54, 1.807) is 6.07 Å². The number of nitrogens with one attached hydrogen (secondary N) is 2. The van der Waals surface area contributed by atoms with E-state index in [-0.39, 0.29) is 41.7 Å². The molecule has 0 fully saturated rings. The van der Waals surface area contributed by atoms with E-state index < -0.39 is 37.4 Å². The highest BCUT2D eigenvalue weighted by atomic mass is 127. The summed E-state index contributed by atoms with van der Waals surface area (Å²) < 4.78 is 50.9. The van der Waals surface area contributed by atoms with Gasteiger partial charge in [0, 0.05) is 9.13 Å². The summed E-state index contributed by atoms with van der Waals surface area (Å²) in [4.78, 5) is 23.0. The summed E-state index contributed by atoms with van der Waals surface area (Å²) in [6, 6.07) is 5.18. The number of halogens is 4. The van der Waals surface area contributed by atoms with Crippen molar-refractivity contribution in [3.8, 4) is 0 Å². The Bertz CT molecular complexity index is 1160. The molecule has 2 N–H and O–H groups in total. The zero-order chi connectivity index (χ0) is 27.8. The van der Waals surface area contributed by atoms with Gasteiger partial charge in [-0.3, -0.25) is 9.63 Å². The van der Waals surface area contributed by atoms with Gasteiger partial charge in [-0.2, -0.15) is 0 Å². The molecular weight excluding hydrogens is 618 g/mol. The van der Waals surface area contributed by atoms with Crippen molar-refractivity contribution in [2.75, 3.05) is 25.1 Å². The largest absolute Gasteiger partial charge is 0.414 e. The highest BCUT2D eigenvalue weighted by Crippen LogP contribution is 2.36. The molecule has 0 unspecified atom stereocenters. The molecule has 0 saturated carbocycles. The summed E-state index contributed by atoms with van der Waals surface area (Å²) in [6.07, 6.45) is 2.34. The molecule has 0 saturated heterocycles. The van der Waals surface area contributed by atoms with Gasteiger partial charge < -0.3 is 14.6 Å². The van der Waals surface area contributed by atoms with Gasteiger partial charge in [-0.1, -0.05) is 38.6 Å². The number of anilines is 2. The van der Waals surface area contributed by atoms with E-state index in [1.165, 1.54) is 18.2 Å². The Hall–Kier alpha value is -2.42. The third kappa shape index (κ3) is 8.55. The topological polar surface area (TPSA) is 81.2 Å².